The second-order valence-corrected chi connectivity index (χ2v) is 2.76. The molecule has 0 aliphatic carbocycles. The molecule has 4 heteroatoms. The van der Waals surface area contributed by atoms with Crippen LogP contribution in [0, 0.1) is 0 Å². The Kier molecular flexibility index (Phi) is 7.50. The Bertz CT molecular complexity index is 208. The Hall–Kier alpha value is -1.32. The number of unbranched alkanes of at least 4 members (excludes halogenated alkanes) is 2. The average Bonchev–Trinajstić information content (AvgIpc) is 2.15. The van der Waals surface area contributed by atoms with Gasteiger partial charge in [-0.1, -0.05) is 6.08 Å². The van der Waals surface area contributed by atoms with E-state index < -0.39 is 0 Å². The van der Waals surface area contributed by atoms with Gasteiger partial charge in [0.05, 0.1) is 13.7 Å². The molecular weight excluding hydrogens is 184 g/mol. The number of hydrogen-bond acceptors (Lipinski definition) is 4. The van der Waals surface area contributed by atoms with Crippen molar-refractivity contribution < 1.29 is 19.1 Å². The second kappa shape index (κ2) is 8.29. The van der Waals surface area contributed by atoms with Gasteiger partial charge < -0.3 is 9.47 Å². The van der Waals surface area contributed by atoms with E-state index in [1.54, 1.807) is 6.08 Å². The van der Waals surface area contributed by atoms with Crippen molar-refractivity contribution in [1.82, 2.24) is 0 Å². The monoisotopic (exact) mass is 200 g/mol. The maximum atomic E-state index is 10.6. The molecule has 4 nitrogen and oxygen atoms in total. The molecule has 0 rings (SSSR count). The van der Waals surface area contributed by atoms with E-state index >= 15 is 0 Å². The normalized spacial score (nSPS) is 10.1. The van der Waals surface area contributed by atoms with Gasteiger partial charge in [0.1, 0.15) is 0 Å². The fourth-order valence-corrected chi connectivity index (χ4v) is 0.828. The van der Waals surface area contributed by atoms with Crippen molar-refractivity contribution in [2.24, 2.45) is 0 Å². The lowest BCUT2D eigenvalue weighted by Crippen LogP contribution is -1.99. The molecule has 0 aromatic carbocycles. The van der Waals surface area contributed by atoms with E-state index in [0.717, 1.165) is 19.3 Å². The summed E-state index contributed by atoms with van der Waals surface area (Å²) in [5, 5.41) is 0. The van der Waals surface area contributed by atoms with Gasteiger partial charge in [0.2, 0.25) is 0 Å². The van der Waals surface area contributed by atoms with Crippen LogP contribution in [0.25, 0.3) is 0 Å². The van der Waals surface area contributed by atoms with E-state index in [-0.39, 0.29) is 11.9 Å². The molecule has 0 unspecified atom stereocenters. The first-order valence-electron chi connectivity index (χ1n) is 4.54. The van der Waals surface area contributed by atoms with Gasteiger partial charge in [0.25, 0.3) is 0 Å². The fraction of sp³-hybridized carbons (Fsp3) is 0.600. The first-order chi connectivity index (χ1) is 6.66. The zero-order chi connectivity index (χ0) is 10.8. The molecule has 0 bridgehead atoms. The number of carbonyl (C=O) groups excluding carboxylic acids is 2. The highest BCUT2D eigenvalue weighted by molar-refractivity contribution is 5.81. The van der Waals surface area contributed by atoms with Crippen LogP contribution in [-0.2, 0) is 19.1 Å². The van der Waals surface area contributed by atoms with Crippen LogP contribution in [-0.4, -0.2) is 25.7 Å². The van der Waals surface area contributed by atoms with Crippen LogP contribution in [0.5, 0.6) is 0 Å². The van der Waals surface area contributed by atoms with Gasteiger partial charge in [-0.05, 0) is 19.3 Å². The van der Waals surface area contributed by atoms with Gasteiger partial charge in [-0.2, -0.15) is 0 Å². The number of ether oxygens (including phenoxy) is 2. The Labute approximate surface area is 83.9 Å². The van der Waals surface area contributed by atoms with Crippen LogP contribution in [0.3, 0.4) is 0 Å². The van der Waals surface area contributed by atoms with Gasteiger partial charge in [-0.25, -0.2) is 4.79 Å². The molecule has 0 aliphatic rings. The molecule has 0 N–H and O–H groups in total. The Balaban J connectivity index is 3.25. The fourth-order valence-electron chi connectivity index (χ4n) is 0.828. The molecule has 0 spiro atoms. The minimum Gasteiger partial charge on any atom is -0.466 e. The Morgan fingerprint density at radius 2 is 2.00 bits per heavy atom. The lowest BCUT2D eigenvalue weighted by atomic mass is 10.2. The second-order valence-electron chi connectivity index (χ2n) is 2.76. The highest BCUT2D eigenvalue weighted by Gasteiger charge is 1.92. The van der Waals surface area contributed by atoms with Gasteiger partial charge in [0.15, 0.2) is 0 Å². The number of rotatable bonds is 6. The summed E-state index contributed by atoms with van der Waals surface area (Å²) in [6.07, 6.45) is 5.63. The van der Waals surface area contributed by atoms with E-state index in [0.29, 0.717) is 6.61 Å². The molecule has 0 fully saturated rings. The Morgan fingerprint density at radius 3 is 2.57 bits per heavy atom. The number of esters is 2. The van der Waals surface area contributed by atoms with Crippen molar-refractivity contribution in [2.45, 2.75) is 26.2 Å². The smallest absolute Gasteiger partial charge is 0.330 e. The molecule has 0 amide bonds. The van der Waals surface area contributed by atoms with Crippen molar-refractivity contribution in [1.29, 1.82) is 0 Å². The molecule has 0 atom stereocenters. The van der Waals surface area contributed by atoms with Crippen LogP contribution in [0.15, 0.2) is 12.2 Å². The van der Waals surface area contributed by atoms with Crippen molar-refractivity contribution in [3.05, 3.63) is 12.2 Å². The van der Waals surface area contributed by atoms with Crippen LogP contribution in [0.4, 0.5) is 0 Å². The summed E-state index contributed by atoms with van der Waals surface area (Å²) in [5.74, 6) is -0.597. The van der Waals surface area contributed by atoms with Gasteiger partial charge in [-0.3, -0.25) is 4.79 Å². The van der Waals surface area contributed by atoms with Crippen molar-refractivity contribution in [3.63, 3.8) is 0 Å². The number of methoxy groups -OCH3 is 1. The van der Waals surface area contributed by atoms with Gasteiger partial charge in [0, 0.05) is 13.0 Å². The summed E-state index contributed by atoms with van der Waals surface area (Å²) in [6, 6.07) is 0. The highest BCUT2D eigenvalue weighted by Crippen LogP contribution is 1.97. The quantitative estimate of drug-likeness (QED) is 0.370. The first-order valence-corrected chi connectivity index (χ1v) is 4.54. The third-order valence-electron chi connectivity index (χ3n) is 1.53. The summed E-state index contributed by atoms with van der Waals surface area (Å²) < 4.78 is 9.15. The molecule has 80 valence electrons. The molecule has 0 aromatic heterocycles. The Morgan fingerprint density at radius 1 is 1.29 bits per heavy atom. The number of hydrogen-bond donors (Lipinski definition) is 0. The van der Waals surface area contributed by atoms with Crippen LogP contribution in [0.1, 0.15) is 26.2 Å². The standard InChI is InChI=1S/C10H16O4/c1-9(11)14-8-6-4-3-5-7-10(12)13-2/h5,7H,3-4,6,8H2,1-2H3/b7-5+. The predicted octanol–water partition coefficient (Wildman–Crippen LogP) is 1.45. The van der Waals surface area contributed by atoms with Crippen LogP contribution >= 0.6 is 0 Å². The van der Waals surface area contributed by atoms with Crippen molar-refractivity contribution >= 4 is 11.9 Å². The first kappa shape index (κ1) is 12.7. The topological polar surface area (TPSA) is 52.6 Å². The molecule has 0 heterocycles. The number of allylic oxidation sites excluding steroid dienone is 1. The summed E-state index contributed by atoms with van der Waals surface area (Å²) in [7, 11) is 1.34. The maximum absolute atomic E-state index is 10.6. The average molecular weight is 200 g/mol. The van der Waals surface area contributed by atoms with E-state index in [1.165, 1.54) is 20.1 Å². The largest absolute Gasteiger partial charge is 0.466 e. The lowest BCUT2D eigenvalue weighted by Gasteiger charge is -1.99. The molecule has 0 aromatic rings. The van der Waals surface area contributed by atoms with E-state index in [2.05, 4.69) is 4.74 Å². The van der Waals surface area contributed by atoms with Gasteiger partial charge >= 0.3 is 11.9 Å². The predicted molar refractivity (Wildman–Crippen MR) is 51.6 cm³/mol. The third kappa shape index (κ3) is 8.77. The van der Waals surface area contributed by atoms with Crippen LogP contribution < -0.4 is 0 Å². The summed E-state index contributed by atoms with van der Waals surface area (Å²) in [5.41, 5.74) is 0. The van der Waals surface area contributed by atoms with Gasteiger partial charge in [-0.15, -0.1) is 0 Å². The molecule has 14 heavy (non-hydrogen) atoms. The number of carbonyl (C=O) groups is 2. The van der Waals surface area contributed by atoms with Crippen molar-refractivity contribution in [3.8, 4) is 0 Å². The lowest BCUT2D eigenvalue weighted by molar-refractivity contribution is -0.141. The van der Waals surface area contributed by atoms with Crippen molar-refractivity contribution in [2.75, 3.05) is 13.7 Å². The summed E-state index contributed by atoms with van der Waals surface area (Å²) >= 11 is 0. The van der Waals surface area contributed by atoms with Crippen LogP contribution in [0.2, 0.25) is 0 Å². The summed E-state index contributed by atoms with van der Waals surface area (Å²) in [6.45, 7) is 1.83. The minimum absolute atomic E-state index is 0.255. The maximum Gasteiger partial charge on any atom is 0.330 e. The third-order valence-corrected chi connectivity index (χ3v) is 1.53. The zero-order valence-electron chi connectivity index (χ0n) is 8.62. The SMILES string of the molecule is COC(=O)/C=C/CCCCOC(C)=O. The summed E-state index contributed by atoms with van der Waals surface area (Å²) in [4.78, 5) is 21.0. The van der Waals surface area contributed by atoms with E-state index in [1.807, 2.05) is 0 Å². The molecular formula is C10H16O4. The van der Waals surface area contributed by atoms with E-state index in [4.69, 9.17) is 4.74 Å². The molecule has 0 saturated carbocycles. The highest BCUT2D eigenvalue weighted by atomic mass is 16.5. The minimum atomic E-state index is -0.343. The van der Waals surface area contributed by atoms with E-state index in [9.17, 15) is 9.59 Å². The molecule has 0 aliphatic heterocycles. The molecule has 0 saturated heterocycles. The zero-order valence-corrected chi connectivity index (χ0v) is 8.62. The molecule has 0 radical (unpaired) electrons.